The lowest BCUT2D eigenvalue weighted by Gasteiger charge is -2.42. The molecular formula is C15H14ClNO. The van der Waals surface area contributed by atoms with E-state index in [2.05, 4.69) is 12.1 Å². The monoisotopic (exact) mass is 259 g/mol. The smallest absolute Gasteiger partial charge is 0.0670 e. The van der Waals surface area contributed by atoms with E-state index in [1.165, 1.54) is 11.1 Å². The van der Waals surface area contributed by atoms with E-state index in [9.17, 15) is 0 Å². The number of hydrogen-bond donors (Lipinski definition) is 1. The molecule has 2 aromatic carbocycles. The second-order valence-corrected chi connectivity index (χ2v) is 5.15. The molecule has 18 heavy (non-hydrogen) atoms. The highest BCUT2D eigenvalue weighted by Crippen LogP contribution is 2.40. The number of anilines is 1. The van der Waals surface area contributed by atoms with Crippen molar-refractivity contribution in [3.05, 3.63) is 64.7 Å². The van der Waals surface area contributed by atoms with E-state index in [0.29, 0.717) is 13.2 Å². The first-order valence-electron chi connectivity index (χ1n) is 5.90. The van der Waals surface area contributed by atoms with Crippen molar-refractivity contribution in [1.82, 2.24) is 0 Å². The topological polar surface area (TPSA) is 35.2 Å². The number of ether oxygens (including phenoxy) is 1. The molecular weight excluding hydrogens is 246 g/mol. The highest BCUT2D eigenvalue weighted by atomic mass is 35.5. The lowest BCUT2D eigenvalue weighted by Crippen LogP contribution is -2.47. The van der Waals surface area contributed by atoms with Gasteiger partial charge in [0.25, 0.3) is 0 Å². The van der Waals surface area contributed by atoms with E-state index in [1.807, 2.05) is 36.4 Å². The second kappa shape index (κ2) is 4.30. The number of halogens is 1. The van der Waals surface area contributed by atoms with Gasteiger partial charge in [0.05, 0.1) is 18.6 Å². The third-order valence-corrected chi connectivity index (χ3v) is 3.75. The minimum atomic E-state index is -0.0969. The fourth-order valence-electron chi connectivity index (χ4n) is 2.43. The zero-order chi connectivity index (χ0) is 12.6. The molecule has 0 unspecified atom stereocenters. The van der Waals surface area contributed by atoms with E-state index >= 15 is 0 Å². The Morgan fingerprint density at radius 1 is 1.00 bits per heavy atom. The molecule has 92 valence electrons. The summed E-state index contributed by atoms with van der Waals surface area (Å²) >= 11 is 6.09. The fraction of sp³-hybridized carbons (Fsp3) is 0.200. The van der Waals surface area contributed by atoms with Crippen LogP contribution in [0.4, 0.5) is 5.69 Å². The van der Waals surface area contributed by atoms with Crippen LogP contribution in [0.2, 0.25) is 5.02 Å². The first kappa shape index (κ1) is 11.6. The maximum Gasteiger partial charge on any atom is 0.0670 e. The summed E-state index contributed by atoms with van der Waals surface area (Å²) in [4.78, 5) is 0. The first-order chi connectivity index (χ1) is 8.71. The molecule has 1 saturated heterocycles. The average molecular weight is 260 g/mol. The van der Waals surface area contributed by atoms with Gasteiger partial charge in [-0.3, -0.25) is 0 Å². The van der Waals surface area contributed by atoms with Gasteiger partial charge in [-0.05, 0) is 35.4 Å². The van der Waals surface area contributed by atoms with Gasteiger partial charge in [-0.25, -0.2) is 0 Å². The van der Waals surface area contributed by atoms with Crippen molar-refractivity contribution in [3.63, 3.8) is 0 Å². The summed E-state index contributed by atoms with van der Waals surface area (Å²) < 4.78 is 5.44. The van der Waals surface area contributed by atoms with Gasteiger partial charge < -0.3 is 10.5 Å². The average Bonchev–Trinajstić information content (AvgIpc) is 2.28. The van der Waals surface area contributed by atoms with Gasteiger partial charge in [0.1, 0.15) is 0 Å². The van der Waals surface area contributed by atoms with Crippen molar-refractivity contribution in [2.24, 2.45) is 0 Å². The molecule has 0 aliphatic carbocycles. The van der Waals surface area contributed by atoms with Crippen LogP contribution in [0, 0.1) is 0 Å². The fourth-order valence-corrected chi connectivity index (χ4v) is 2.62. The molecule has 3 heteroatoms. The van der Waals surface area contributed by atoms with Crippen molar-refractivity contribution in [3.8, 4) is 0 Å². The van der Waals surface area contributed by atoms with Crippen molar-refractivity contribution < 1.29 is 4.74 Å². The molecule has 0 saturated carbocycles. The molecule has 0 radical (unpaired) electrons. The zero-order valence-electron chi connectivity index (χ0n) is 9.90. The highest BCUT2D eigenvalue weighted by Gasteiger charge is 2.42. The van der Waals surface area contributed by atoms with Crippen LogP contribution in [-0.2, 0) is 10.2 Å². The molecule has 1 aliphatic rings. The molecule has 0 bridgehead atoms. The largest absolute Gasteiger partial charge is 0.399 e. The molecule has 2 nitrogen and oxygen atoms in total. The quantitative estimate of drug-likeness (QED) is 0.841. The van der Waals surface area contributed by atoms with Gasteiger partial charge in [-0.1, -0.05) is 35.9 Å². The summed E-state index contributed by atoms with van der Waals surface area (Å²) in [6.45, 7) is 1.35. The van der Waals surface area contributed by atoms with Crippen LogP contribution >= 0.6 is 11.6 Å². The molecule has 0 amide bonds. The van der Waals surface area contributed by atoms with Gasteiger partial charge >= 0.3 is 0 Å². The molecule has 0 spiro atoms. The Balaban J connectivity index is 2.10. The molecule has 0 aromatic heterocycles. The summed E-state index contributed by atoms with van der Waals surface area (Å²) in [5.41, 5.74) is 8.93. The summed E-state index contributed by atoms with van der Waals surface area (Å²) in [6.07, 6.45) is 0. The van der Waals surface area contributed by atoms with E-state index in [4.69, 9.17) is 22.1 Å². The molecule has 1 heterocycles. The minimum Gasteiger partial charge on any atom is -0.399 e. The van der Waals surface area contributed by atoms with E-state index in [0.717, 1.165) is 10.7 Å². The Hall–Kier alpha value is -1.51. The molecule has 1 aliphatic heterocycles. The standard InChI is InChI=1S/C15H14ClNO/c16-13-5-1-3-11(7-13)15(9-18-10-15)12-4-2-6-14(17)8-12/h1-8H,9-10,17H2. The molecule has 3 rings (SSSR count). The summed E-state index contributed by atoms with van der Waals surface area (Å²) in [5, 5.41) is 0.752. The number of nitrogens with two attached hydrogens (primary N) is 1. The number of hydrogen-bond acceptors (Lipinski definition) is 2. The van der Waals surface area contributed by atoms with Gasteiger partial charge in [-0.15, -0.1) is 0 Å². The van der Waals surface area contributed by atoms with Crippen molar-refractivity contribution in [2.75, 3.05) is 18.9 Å². The Labute approximate surface area is 111 Å². The van der Waals surface area contributed by atoms with Crippen molar-refractivity contribution in [1.29, 1.82) is 0 Å². The maximum absolute atomic E-state index is 6.09. The lowest BCUT2D eigenvalue weighted by atomic mass is 9.73. The maximum atomic E-state index is 6.09. The van der Waals surface area contributed by atoms with Crippen LogP contribution in [0.1, 0.15) is 11.1 Å². The zero-order valence-corrected chi connectivity index (χ0v) is 10.7. The van der Waals surface area contributed by atoms with Gasteiger partial charge in [0.2, 0.25) is 0 Å². The third kappa shape index (κ3) is 1.78. The number of benzene rings is 2. The van der Waals surface area contributed by atoms with Crippen LogP contribution < -0.4 is 5.73 Å². The Bertz CT molecular complexity index is 531. The van der Waals surface area contributed by atoms with Crippen LogP contribution in [0.15, 0.2) is 48.5 Å². The van der Waals surface area contributed by atoms with Crippen molar-refractivity contribution in [2.45, 2.75) is 5.41 Å². The van der Waals surface area contributed by atoms with Crippen LogP contribution in [0.25, 0.3) is 0 Å². The summed E-state index contributed by atoms with van der Waals surface area (Å²) in [7, 11) is 0. The number of rotatable bonds is 2. The van der Waals surface area contributed by atoms with Crippen molar-refractivity contribution >= 4 is 17.3 Å². The third-order valence-electron chi connectivity index (χ3n) is 3.51. The Kier molecular flexibility index (Phi) is 2.77. The SMILES string of the molecule is Nc1cccc(C2(c3cccc(Cl)c3)COC2)c1. The Morgan fingerprint density at radius 3 is 2.22 bits per heavy atom. The van der Waals surface area contributed by atoms with E-state index in [1.54, 1.807) is 0 Å². The van der Waals surface area contributed by atoms with E-state index < -0.39 is 0 Å². The molecule has 2 aromatic rings. The molecule has 1 fully saturated rings. The highest BCUT2D eigenvalue weighted by molar-refractivity contribution is 6.30. The summed E-state index contributed by atoms with van der Waals surface area (Å²) in [5.74, 6) is 0. The first-order valence-corrected chi connectivity index (χ1v) is 6.28. The minimum absolute atomic E-state index is 0.0969. The number of nitrogen functional groups attached to an aromatic ring is 1. The van der Waals surface area contributed by atoms with Gasteiger partial charge in [0.15, 0.2) is 0 Å². The Morgan fingerprint density at radius 2 is 1.67 bits per heavy atom. The predicted octanol–water partition coefficient (Wildman–Crippen LogP) is 3.24. The van der Waals surface area contributed by atoms with Gasteiger partial charge in [0, 0.05) is 10.7 Å². The molecule has 0 atom stereocenters. The van der Waals surface area contributed by atoms with Crippen LogP contribution in [0.5, 0.6) is 0 Å². The second-order valence-electron chi connectivity index (χ2n) is 4.71. The molecule has 2 N–H and O–H groups in total. The normalized spacial score (nSPS) is 17.2. The van der Waals surface area contributed by atoms with Crippen LogP contribution in [-0.4, -0.2) is 13.2 Å². The predicted molar refractivity (Wildman–Crippen MR) is 73.9 cm³/mol. The van der Waals surface area contributed by atoms with Gasteiger partial charge in [-0.2, -0.15) is 0 Å². The summed E-state index contributed by atoms with van der Waals surface area (Å²) in [6, 6.07) is 16.0. The van der Waals surface area contributed by atoms with Crippen LogP contribution in [0.3, 0.4) is 0 Å². The van der Waals surface area contributed by atoms with E-state index in [-0.39, 0.29) is 5.41 Å². The lowest BCUT2D eigenvalue weighted by molar-refractivity contribution is -0.0379.